The van der Waals surface area contributed by atoms with Gasteiger partial charge in [0.2, 0.25) is 0 Å². The number of benzene rings is 1. The van der Waals surface area contributed by atoms with E-state index in [9.17, 15) is 4.79 Å². The van der Waals surface area contributed by atoms with Crippen molar-refractivity contribution >= 4 is 5.78 Å². The molecule has 0 amide bonds. The standard InChI is InChI=1S/C21H27NO2/c1-15(2)9-17-12-21(3)13-19(23)11-18(22(21)14-17)10-16-5-7-20(24-4)8-6-16/h5-9,11,15H,10,12-14H2,1-4H3/b17-9+/t21-/m1/s1. The Morgan fingerprint density at radius 1 is 1.25 bits per heavy atom. The second kappa shape index (κ2) is 6.46. The fourth-order valence-electron chi connectivity index (χ4n) is 4.01. The Morgan fingerprint density at radius 2 is 1.96 bits per heavy atom. The molecule has 24 heavy (non-hydrogen) atoms. The quantitative estimate of drug-likeness (QED) is 0.779. The third kappa shape index (κ3) is 3.40. The van der Waals surface area contributed by atoms with Gasteiger partial charge in [0.25, 0.3) is 0 Å². The van der Waals surface area contributed by atoms with Crippen LogP contribution < -0.4 is 4.74 Å². The molecule has 1 fully saturated rings. The largest absolute Gasteiger partial charge is 0.497 e. The van der Waals surface area contributed by atoms with Crippen molar-refractivity contribution in [1.82, 2.24) is 4.90 Å². The molecule has 0 saturated carbocycles. The molecule has 0 bridgehead atoms. The van der Waals surface area contributed by atoms with E-state index in [1.165, 1.54) is 11.1 Å². The first-order chi connectivity index (χ1) is 11.4. The highest BCUT2D eigenvalue weighted by Gasteiger charge is 2.43. The molecule has 2 aliphatic heterocycles. The maximum Gasteiger partial charge on any atom is 0.159 e. The van der Waals surface area contributed by atoms with Crippen LogP contribution in [0, 0.1) is 5.92 Å². The second-order valence-electron chi connectivity index (χ2n) is 7.63. The van der Waals surface area contributed by atoms with Crippen LogP contribution in [0.5, 0.6) is 5.75 Å². The van der Waals surface area contributed by atoms with Crippen molar-refractivity contribution in [2.75, 3.05) is 13.7 Å². The number of hydrogen-bond acceptors (Lipinski definition) is 3. The third-order valence-corrected chi connectivity index (χ3v) is 4.96. The van der Waals surface area contributed by atoms with Gasteiger partial charge in [-0.3, -0.25) is 4.79 Å². The summed E-state index contributed by atoms with van der Waals surface area (Å²) in [5, 5.41) is 0. The van der Waals surface area contributed by atoms with Crippen LogP contribution >= 0.6 is 0 Å². The van der Waals surface area contributed by atoms with Crippen molar-refractivity contribution in [3.05, 3.63) is 53.3 Å². The Bertz CT molecular complexity index is 684. The number of methoxy groups -OCH3 is 1. The Kier molecular flexibility index (Phi) is 4.53. The van der Waals surface area contributed by atoms with Gasteiger partial charge >= 0.3 is 0 Å². The fraction of sp³-hybridized carbons (Fsp3) is 0.476. The SMILES string of the molecule is COc1ccc(CC2=CC(=O)C[C@@]3(C)C/C(=C\C(C)C)CN23)cc1. The van der Waals surface area contributed by atoms with E-state index in [0.717, 1.165) is 30.8 Å². The molecule has 128 valence electrons. The summed E-state index contributed by atoms with van der Waals surface area (Å²) in [4.78, 5) is 14.7. The Hall–Kier alpha value is -2.03. The summed E-state index contributed by atoms with van der Waals surface area (Å²) in [6.45, 7) is 7.61. The molecule has 3 nitrogen and oxygen atoms in total. The fourth-order valence-corrected chi connectivity index (χ4v) is 4.01. The van der Waals surface area contributed by atoms with Crippen molar-refractivity contribution in [2.24, 2.45) is 5.92 Å². The van der Waals surface area contributed by atoms with Gasteiger partial charge < -0.3 is 9.64 Å². The smallest absolute Gasteiger partial charge is 0.159 e. The third-order valence-electron chi connectivity index (χ3n) is 4.96. The normalized spacial score (nSPS) is 25.2. The number of ether oxygens (including phenoxy) is 1. The summed E-state index contributed by atoms with van der Waals surface area (Å²) in [5.41, 5.74) is 3.75. The van der Waals surface area contributed by atoms with Crippen molar-refractivity contribution in [3.8, 4) is 5.75 Å². The summed E-state index contributed by atoms with van der Waals surface area (Å²) in [7, 11) is 1.68. The zero-order valence-corrected chi connectivity index (χ0v) is 15.1. The molecule has 0 radical (unpaired) electrons. The van der Waals surface area contributed by atoms with E-state index in [-0.39, 0.29) is 11.3 Å². The first kappa shape index (κ1) is 16.8. The molecule has 0 aliphatic carbocycles. The van der Waals surface area contributed by atoms with Crippen LogP contribution in [0.3, 0.4) is 0 Å². The molecule has 2 aliphatic rings. The zero-order valence-electron chi connectivity index (χ0n) is 15.1. The Labute approximate surface area is 145 Å². The van der Waals surface area contributed by atoms with Crippen LogP contribution in [-0.4, -0.2) is 29.9 Å². The average molecular weight is 325 g/mol. The van der Waals surface area contributed by atoms with Gasteiger partial charge in [-0.2, -0.15) is 0 Å². The van der Waals surface area contributed by atoms with Crippen molar-refractivity contribution in [3.63, 3.8) is 0 Å². The van der Waals surface area contributed by atoms with E-state index in [2.05, 4.69) is 43.9 Å². The predicted octanol–water partition coefficient (Wildman–Crippen LogP) is 4.14. The summed E-state index contributed by atoms with van der Waals surface area (Å²) < 4.78 is 5.23. The highest BCUT2D eigenvalue weighted by atomic mass is 16.5. The van der Waals surface area contributed by atoms with Crippen molar-refractivity contribution < 1.29 is 9.53 Å². The zero-order chi connectivity index (χ0) is 17.3. The lowest BCUT2D eigenvalue weighted by Crippen LogP contribution is -2.45. The molecule has 0 spiro atoms. The Balaban J connectivity index is 1.85. The van der Waals surface area contributed by atoms with Gasteiger partial charge in [0, 0.05) is 36.7 Å². The summed E-state index contributed by atoms with van der Waals surface area (Å²) in [6.07, 6.45) is 6.62. The van der Waals surface area contributed by atoms with E-state index >= 15 is 0 Å². The van der Waals surface area contributed by atoms with Crippen LogP contribution in [0.2, 0.25) is 0 Å². The monoisotopic (exact) mass is 325 g/mol. The van der Waals surface area contributed by atoms with Crippen LogP contribution in [0.1, 0.15) is 39.2 Å². The van der Waals surface area contributed by atoms with E-state index in [4.69, 9.17) is 4.74 Å². The van der Waals surface area contributed by atoms with Gasteiger partial charge in [0.1, 0.15) is 5.75 Å². The molecule has 1 aromatic rings. The first-order valence-electron chi connectivity index (χ1n) is 8.73. The number of hydrogen-bond donors (Lipinski definition) is 0. The van der Waals surface area contributed by atoms with Gasteiger partial charge in [0.15, 0.2) is 5.78 Å². The lowest BCUT2D eigenvalue weighted by Gasteiger charge is -2.40. The average Bonchev–Trinajstić information content (AvgIpc) is 2.83. The summed E-state index contributed by atoms with van der Waals surface area (Å²) in [5.74, 6) is 1.67. The van der Waals surface area contributed by atoms with Crippen LogP contribution in [-0.2, 0) is 11.2 Å². The number of nitrogens with zero attached hydrogens (tertiary/aromatic N) is 1. The summed E-state index contributed by atoms with van der Waals surface area (Å²) in [6, 6.07) is 8.12. The predicted molar refractivity (Wildman–Crippen MR) is 97.1 cm³/mol. The molecular weight excluding hydrogens is 298 g/mol. The van der Waals surface area contributed by atoms with E-state index < -0.39 is 0 Å². The molecule has 3 heteroatoms. The van der Waals surface area contributed by atoms with E-state index in [1.807, 2.05) is 18.2 Å². The first-order valence-corrected chi connectivity index (χ1v) is 8.73. The van der Waals surface area contributed by atoms with Crippen LogP contribution in [0.15, 0.2) is 47.7 Å². The number of ketones is 1. The minimum absolute atomic E-state index is 0.0612. The topological polar surface area (TPSA) is 29.5 Å². The maximum absolute atomic E-state index is 12.3. The van der Waals surface area contributed by atoms with Gasteiger partial charge in [0.05, 0.1) is 7.11 Å². The number of carbonyl (C=O) groups is 1. The van der Waals surface area contributed by atoms with Gasteiger partial charge in [-0.1, -0.05) is 37.6 Å². The Morgan fingerprint density at radius 3 is 2.58 bits per heavy atom. The minimum Gasteiger partial charge on any atom is -0.497 e. The van der Waals surface area contributed by atoms with E-state index in [0.29, 0.717) is 12.3 Å². The molecule has 0 unspecified atom stereocenters. The molecule has 1 saturated heterocycles. The number of rotatable bonds is 4. The lowest BCUT2D eigenvalue weighted by molar-refractivity contribution is -0.117. The molecule has 0 aromatic heterocycles. The molecule has 0 N–H and O–H groups in total. The van der Waals surface area contributed by atoms with E-state index in [1.54, 1.807) is 7.11 Å². The second-order valence-corrected chi connectivity index (χ2v) is 7.63. The molecule has 3 rings (SSSR count). The van der Waals surface area contributed by atoms with Gasteiger partial charge in [-0.15, -0.1) is 0 Å². The molecule has 1 aromatic carbocycles. The maximum atomic E-state index is 12.3. The lowest BCUT2D eigenvalue weighted by atomic mass is 9.86. The van der Waals surface area contributed by atoms with Crippen molar-refractivity contribution in [1.29, 1.82) is 0 Å². The number of allylic oxidation sites excluding steroid dienone is 3. The number of fused-ring (bicyclic) bond motifs is 1. The van der Waals surface area contributed by atoms with Gasteiger partial charge in [-0.05, 0) is 37.0 Å². The molecule has 1 atom stereocenters. The number of carbonyl (C=O) groups excluding carboxylic acids is 1. The van der Waals surface area contributed by atoms with Crippen LogP contribution in [0.4, 0.5) is 0 Å². The summed E-state index contributed by atoms with van der Waals surface area (Å²) >= 11 is 0. The highest BCUT2D eigenvalue weighted by molar-refractivity contribution is 5.92. The van der Waals surface area contributed by atoms with Gasteiger partial charge in [-0.25, -0.2) is 0 Å². The van der Waals surface area contributed by atoms with Crippen LogP contribution in [0.25, 0.3) is 0 Å². The highest BCUT2D eigenvalue weighted by Crippen LogP contribution is 2.42. The molecular formula is C21H27NO2. The van der Waals surface area contributed by atoms with Crippen molar-refractivity contribution in [2.45, 2.75) is 45.6 Å². The minimum atomic E-state index is -0.0612. The molecule has 2 heterocycles.